The predicted octanol–water partition coefficient (Wildman–Crippen LogP) is -1.41. The van der Waals surface area contributed by atoms with Crippen LogP contribution in [-0.4, -0.2) is 84.4 Å². The minimum atomic E-state index is -2.69. The van der Waals surface area contributed by atoms with Crippen molar-refractivity contribution >= 4 is 22.9 Å². The monoisotopic (exact) mass is 559 g/mol. The SMILES string of the molecule is NC(N)=NCC1(O)C(O)C(Oc2cc3oc4c(c(=O)c3c(O)c2O)CCc2cc(O)ccc2-4)OC(C(=O)O)C1O. The molecule has 5 rings (SSSR count). The second-order valence-electron chi connectivity index (χ2n) is 9.53. The number of aliphatic hydroxyl groups is 3. The highest BCUT2D eigenvalue weighted by Crippen LogP contribution is 2.45. The number of hydrogen-bond donors (Lipinski definition) is 9. The van der Waals surface area contributed by atoms with Gasteiger partial charge in [0.25, 0.3) is 0 Å². The highest BCUT2D eigenvalue weighted by Gasteiger charge is 2.58. The average Bonchev–Trinajstić information content (AvgIpc) is 2.90. The summed E-state index contributed by atoms with van der Waals surface area (Å²) in [6, 6.07) is 5.52. The van der Waals surface area contributed by atoms with Crippen molar-refractivity contribution in [2.24, 2.45) is 16.5 Å². The number of phenols is 3. The molecule has 15 heteroatoms. The average molecular weight is 559 g/mol. The molecule has 0 spiro atoms. The molecule has 0 saturated carbocycles. The minimum Gasteiger partial charge on any atom is -0.508 e. The number of phenolic OH excluding ortho intramolecular Hbond substituents is 3. The number of aliphatic carboxylic acids is 1. The Hall–Kier alpha value is -4.57. The van der Waals surface area contributed by atoms with Gasteiger partial charge in [-0.2, -0.15) is 0 Å². The van der Waals surface area contributed by atoms with Crippen LogP contribution in [0.15, 0.2) is 38.5 Å². The van der Waals surface area contributed by atoms with Gasteiger partial charge in [-0.3, -0.25) is 9.79 Å². The number of ether oxygens (including phenoxy) is 2. The molecule has 3 aromatic rings. The van der Waals surface area contributed by atoms with Crippen molar-refractivity contribution in [1.82, 2.24) is 0 Å². The third kappa shape index (κ3) is 4.21. The van der Waals surface area contributed by atoms with Gasteiger partial charge in [-0.05, 0) is 36.6 Å². The number of rotatable bonds is 5. The van der Waals surface area contributed by atoms with Crippen LogP contribution in [0.2, 0.25) is 0 Å². The second-order valence-corrected chi connectivity index (χ2v) is 9.53. The largest absolute Gasteiger partial charge is 0.508 e. The van der Waals surface area contributed by atoms with Gasteiger partial charge in [-0.15, -0.1) is 0 Å². The number of carboxylic acid groups (broad SMARTS) is 1. The summed E-state index contributed by atoms with van der Waals surface area (Å²) >= 11 is 0. The highest BCUT2D eigenvalue weighted by atomic mass is 16.7. The van der Waals surface area contributed by atoms with Gasteiger partial charge in [0, 0.05) is 17.2 Å². The lowest BCUT2D eigenvalue weighted by atomic mass is 9.84. The van der Waals surface area contributed by atoms with E-state index in [0.717, 1.165) is 6.07 Å². The van der Waals surface area contributed by atoms with Crippen molar-refractivity contribution in [2.45, 2.75) is 43.0 Å². The standard InChI is InChI=1S/C25H25N3O12/c26-24(27)28-7-25(37)20(33)19(22(35)36)40-23(21(25)34)39-13-6-12-14(17(32)16(13)31)15(30)11-3-1-8-5-9(29)2-4-10(8)18(11)38-12/h2,4-6,19-21,23,29,31-34,37H,1,3,7H2,(H,35,36)(H4,26,27,28). The van der Waals surface area contributed by atoms with Gasteiger partial charge >= 0.3 is 5.97 Å². The lowest BCUT2D eigenvalue weighted by Gasteiger charge is -2.45. The number of nitrogens with two attached hydrogens (primary N) is 2. The number of aryl methyl sites for hydroxylation is 1. The third-order valence-electron chi connectivity index (χ3n) is 7.02. The molecule has 0 radical (unpaired) electrons. The van der Waals surface area contributed by atoms with Crippen LogP contribution in [0.4, 0.5) is 0 Å². The number of nitrogens with zero attached hydrogens (tertiary/aromatic N) is 1. The third-order valence-corrected chi connectivity index (χ3v) is 7.02. The van der Waals surface area contributed by atoms with Crippen LogP contribution in [0.5, 0.6) is 23.0 Å². The molecule has 15 nitrogen and oxygen atoms in total. The number of aliphatic hydroxyl groups excluding tert-OH is 2. The van der Waals surface area contributed by atoms with E-state index in [0.29, 0.717) is 17.5 Å². The maximum Gasteiger partial charge on any atom is 0.335 e. The van der Waals surface area contributed by atoms with Crippen LogP contribution < -0.4 is 21.6 Å². The van der Waals surface area contributed by atoms with Crippen molar-refractivity contribution < 1.29 is 54.4 Å². The van der Waals surface area contributed by atoms with Gasteiger partial charge in [0.15, 0.2) is 29.0 Å². The van der Waals surface area contributed by atoms with Crippen LogP contribution in [-0.2, 0) is 22.4 Å². The minimum absolute atomic E-state index is 0.0270. The fourth-order valence-electron chi connectivity index (χ4n) is 4.92. The Labute approximate surface area is 223 Å². The van der Waals surface area contributed by atoms with Crippen LogP contribution in [0.3, 0.4) is 0 Å². The summed E-state index contributed by atoms with van der Waals surface area (Å²) in [5, 5.41) is 72.5. The molecule has 1 aromatic heterocycles. The molecule has 212 valence electrons. The molecule has 1 aliphatic carbocycles. The first-order valence-electron chi connectivity index (χ1n) is 11.9. The van der Waals surface area contributed by atoms with E-state index in [4.69, 9.17) is 25.4 Å². The number of guanidine groups is 1. The van der Waals surface area contributed by atoms with E-state index >= 15 is 0 Å². The second kappa shape index (κ2) is 9.56. The van der Waals surface area contributed by atoms with E-state index in [1.165, 1.54) is 12.1 Å². The Morgan fingerprint density at radius 1 is 1.10 bits per heavy atom. The molecule has 1 fully saturated rings. The van der Waals surface area contributed by atoms with Crippen LogP contribution >= 0.6 is 0 Å². The van der Waals surface area contributed by atoms with Crippen molar-refractivity contribution in [2.75, 3.05) is 6.54 Å². The van der Waals surface area contributed by atoms with Crippen molar-refractivity contribution in [1.29, 1.82) is 0 Å². The van der Waals surface area contributed by atoms with Gasteiger partial charge in [0.1, 0.15) is 40.3 Å². The molecule has 5 unspecified atom stereocenters. The van der Waals surface area contributed by atoms with E-state index in [-0.39, 0.29) is 34.5 Å². The first-order chi connectivity index (χ1) is 18.8. The molecule has 11 N–H and O–H groups in total. The number of hydrogen-bond acceptors (Lipinski definition) is 12. The first-order valence-corrected chi connectivity index (χ1v) is 11.9. The molecule has 40 heavy (non-hydrogen) atoms. The summed E-state index contributed by atoms with van der Waals surface area (Å²) in [6.45, 7) is -0.852. The maximum absolute atomic E-state index is 13.3. The molecule has 5 atom stereocenters. The lowest BCUT2D eigenvalue weighted by Crippen LogP contribution is -2.70. The van der Waals surface area contributed by atoms with Gasteiger partial charge in [0.2, 0.25) is 12.0 Å². The van der Waals surface area contributed by atoms with E-state index in [1.54, 1.807) is 6.07 Å². The van der Waals surface area contributed by atoms with Crippen LogP contribution in [0.25, 0.3) is 22.3 Å². The van der Waals surface area contributed by atoms with Crippen molar-refractivity contribution in [3.8, 4) is 34.3 Å². The van der Waals surface area contributed by atoms with Crippen molar-refractivity contribution in [3.05, 3.63) is 45.6 Å². The number of aliphatic imine (C=N–C) groups is 1. The number of fused-ring (bicyclic) bond motifs is 4. The Balaban J connectivity index is 1.60. The smallest absolute Gasteiger partial charge is 0.335 e. The Kier molecular flexibility index (Phi) is 6.46. The molecule has 2 heterocycles. The summed E-state index contributed by atoms with van der Waals surface area (Å²) in [5.41, 5.74) is 8.46. The van der Waals surface area contributed by atoms with E-state index in [1.807, 2.05) is 0 Å². The van der Waals surface area contributed by atoms with Gasteiger partial charge in [-0.1, -0.05) is 0 Å². The fourth-order valence-corrected chi connectivity index (χ4v) is 4.92. The summed E-state index contributed by atoms with van der Waals surface area (Å²) in [5.74, 6) is -4.58. The van der Waals surface area contributed by atoms with Gasteiger partial charge in [0.05, 0.1) is 6.54 Å². The van der Waals surface area contributed by atoms with E-state index in [2.05, 4.69) is 4.99 Å². The van der Waals surface area contributed by atoms with Crippen molar-refractivity contribution in [3.63, 3.8) is 0 Å². The Morgan fingerprint density at radius 3 is 2.50 bits per heavy atom. The molecule has 0 bridgehead atoms. The molecule has 2 aliphatic rings. The topological polar surface area (TPSA) is 272 Å². The normalized spacial score (nSPS) is 25.6. The summed E-state index contributed by atoms with van der Waals surface area (Å²) in [4.78, 5) is 28.6. The first kappa shape index (κ1) is 27.0. The zero-order valence-electron chi connectivity index (χ0n) is 20.5. The summed E-state index contributed by atoms with van der Waals surface area (Å²) in [6.07, 6.45) is -7.95. The molecular formula is C25H25N3O12. The molecular weight excluding hydrogens is 534 g/mol. The number of benzene rings is 2. The Morgan fingerprint density at radius 2 is 1.82 bits per heavy atom. The fraction of sp³-hybridized carbons (Fsp3) is 0.320. The quantitative estimate of drug-likeness (QED) is 0.0987. The number of aromatic hydroxyl groups is 3. The van der Waals surface area contributed by atoms with E-state index in [9.17, 15) is 45.3 Å². The summed E-state index contributed by atoms with van der Waals surface area (Å²) < 4.78 is 16.6. The molecule has 1 aliphatic heterocycles. The molecule has 2 aromatic carbocycles. The van der Waals surface area contributed by atoms with Crippen LogP contribution in [0, 0.1) is 0 Å². The Bertz CT molecular complexity index is 1620. The highest BCUT2D eigenvalue weighted by molar-refractivity contribution is 5.91. The molecule has 1 saturated heterocycles. The molecule has 0 amide bonds. The predicted molar refractivity (Wildman–Crippen MR) is 135 cm³/mol. The summed E-state index contributed by atoms with van der Waals surface area (Å²) in [7, 11) is 0. The van der Waals surface area contributed by atoms with Crippen LogP contribution in [0.1, 0.15) is 11.1 Å². The zero-order valence-corrected chi connectivity index (χ0v) is 20.5. The van der Waals surface area contributed by atoms with Gasteiger partial charge < -0.3 is 61.1 Å². The van der Waals surface area contributed by atoms with E-state index < -0.39 is 71.4 Å². The number of carboxylic acids is 1. The van der Waals surface area contributed by atoms with Gasteiger partial charge in [-0.25, -0.2) is 4.79 Å². The lowest BCUT2D eigenvalue weighted by molar-refractivity contribution is -0.303. The zero-order chi connectivity index (χ0) is 29.1. The maximum atomic E-state index is 13.3. The number of carbonyl (C=O) groups is 1.